The maximum atomic E-state index is 12.0. The molecule has 0 fully saturated rings. The minimum absolute atomic E-state index is 0.0240. The SMILES string of the molecule is COc1ccc(S(=O)(=O)CCC(=O)NO)cc1OC.c1cc2ccc1-2. The highest BCUT2D eigenvalue weighted by atomic mass is 32.2. The molecule has 0 heterocycles. The highest BCUT2D eigenvalue weighted by Gasteiger charge is 2.18. The summed E-state index contributed by atoms with van der Waals surface area (Å²) < 4.78 is 33.9. The second-order valence-corrected chi connectivity index (χ2v) is 7.31. The summed E-state index contributed by atoms with van der Waals surface area (Å²) in [5.41, 5.74) is 4.23. The van der Waals surface area contributed by atoms with Gasteiger partial charge < -0.3 is 9.47 Å². The Kier molecular flexibility index (Phi) is 6.00. The van der Waals surface area contributed by atoms with E-state index >= 15 is 0 Å². The lowest BCUT2D eigenvalue weighted by Gasteiger charge is -2.10. The molecule has 134 valence electrons. The molecule has 0 spiro atoms. The number of carbonyl (C=O) groups excluding carboxylic acids is 1. The molecular formula is C17H19NO6S. The van der Waals surface area contributed by atoms with E-state index in [2.05, 4.69) is 24.3 Å². The van der Waals surface area contributed by atoms with Crippen molar-refractivity contribution in [2.24, 2.45) is 0 Å². The first-order valence-corrected chi connectivity index (χ1v) is 9.04. The Morgan fingerprint density at radius 2 is 1.56 bits per heavy atom. The number of fused-ring (bicyclic) bond motifs is 1. The standard InChI is InChI=1S/C11H15NO6S.C6H4/c1-17-9-4-3-8(7-10(9)18-2)19(15,16)6-5-11(13)12-14;1-2-6-4-3-5(1)6/h3-4,7,14H,5-6H2,1-2H3,(H,12,13);1-4H. The molecule has 0 unspecified atom stereocenters. The predicted molar refractivity (Wildman–Crippen MR) is 91.6 cm³/mol. The number of amides is 1. The van der Waals surface area contributed by atoms with Crippen molar-refractivity contribution in [3.05, 3.63) is 42.5 Å². The third-order valence-corrected chi connectivity index (χ3v) is 5.37. The molecule has 2 aliphatic carbocycles. The lowest BCUT2D eigenvalue weighted by atomic mass is 9.95. The second-order valence-electron chi connectivity index (χ2n) is 5.20. The summed E-state index contributed by atoms with van der Waals surface area (Å²) in [4.78, 5) is 10.9. The van der Waals surface area contributed by atoms with Gasteiger partial charge in [-0.25, -0.2) is 13.9 Å². The number of ether oxygens (including phenoxy) is 2. The van der Waals surface area contributed by atoms with Gasteiger partial charge in [0.25, 0.3) is 0 Å². The van der Waals surface area contributed by atoms with Crippen LogP contribution in [0.15, 0.2) is 47.4 Å². The van der Waals surface area contributed by atoms with E-state index in [0.29, 0.717) is 5.75 Å². The van der Waals surface area contributed by atoms with Crippen LogP contribution in [0.2, 0.25) is 0 Å². The normalized spacial score (nSPS) is 11.0. The fourth-order valence-electron chi connectivity index (χ4n) is 2.07. The fraction of sp³-hybridized carbons (Fsp3) is 0.235. The number of nitrogens with one attached hydrogen (secondary N) is 1. The smallest absolute Gasteiger partial charge is 0.244 e. The zero-order chi connectivity index (χ0) is 18.4. The summed E-state index contributed by atoms with van der Waals surface area (Å²) in [6, 6.07) is 12.6. The zero-order valence-corrected chi connectivity index (χ0v) is 14.7. The Hall–Kier alpha value is -2.58. The van der Waals surface area contributed by atoms with Gasteiger partial charge in [-0.05, 0) is 23.3 Å². The van der Waals surface area contributed by atoms with E-state index in [9.17, 15) is 13.2 Å². The van der Waals surface area contributed by atoms with Gasteiger partial charge in [0.1, 0.15) is 0 Å². The van der Waals surface area contributed by atoms with Crippen molar-refractivity contribution in [1.29, 1.82) is 0 Å². The van der Waals surface area contributed by atoms with Crippen molar-refractivity contribution in [1.82, 2.24) is 5.48 Å². The first kappa shape index (κ1) is 18.8. The Labute approximate surface area is 146 Å². The molecule has 0 aliphatic heterocycles. The Morgan fingerprint density at radius 1 is 1.00 bits per heavy atom. The van der Waals surface area contributed by atoms with Crippen LogP contribution in [0, 0.1) is 0 Å². The lowest BCUT2D eigenvalue weighted by Crippen LogP contribution is -2.22. The molecule has 0 saturated carbocycles. The number of rotatable bonds is 6. The van der Waals surface area contributed by atoms with Gasteiger partial charge in [-0.15, -0.1) is 0 Å². The molecule has 25 heavy (non-hydrogen) atoms. The predicted octanol–water partition coefficient (Wildman–Crippen LogP) is 2.04. The van der Waals surface area contributed by atoms with Gasteiger partial charge in [-0.1, -0.05) is 24.3 Å². The van der Waals surface area contributed by atoms with Crippen molar-refractivity contribution < 1.29 is 27.9 Å². The van der Waals surface area contributed by atoms with Gasteiger partial charge in [0.05, 0.1) is 24.9 Å². The monoisotopic (exact) mass is 365 g/mol. The van der Waals surface area contributed by atoms with Crippen LogP contribution < -0.4 is 15.0 Å². The van der Waals surface area contributed by atoms with Crippen molar-refractivity contribution in [2.45, 2.75) is 11.3 Å². The number of benzene rings is 2. The molecule has 0 bridgehead atoms. The minimum Gasteiger partial charge on any atom is -0.493 e. The van der Waals surface area contributed by atoms with E-state index in [1.165, 1.54) is 49.0 Å². The van der Waals surface area contributed by atoms with Crippen LogP contribution in [-0.4, -0.2) is 39.5 Å². The molecule has 3 rings (SSSR count). The maximum Gasteiger partial charge on any atom is 0.244 e. The number of sulfone groups is 1. The Bertz CT molecular complexity index is 825. The molecule has 1 aromatic carbocycles. The largest absolute Gasteiger partial charge is 0.493 e. The van der Waals surface area contributed by atoms with E-state index in [1.807, 2.05) is 0 Å². The first-order valence-electron chi connectivity index (χ1n) is 7.39. The van der Waals surface area contributed by atoms with Gasteiger partial charge >= 0.3 is 0 Å². The molecule has 2 aliphatic rings. The van der Waals surface area contributed by atoms with Crippen LogP contribution in [0.5, 0.6) is 11.5 Å². The molecule has 0 radical (unpaired) electrons. The molecule has 2 N–H and O–H groups in total. The van der Waals surface area contributed by atoms with Gasteiger partial charge in [0, 0.05) is 12.5 Å². The van der Waals surface area contributed by atoms with Gasteiger partial charge in [0.2, 0.25) is 5.91 Å². The Balaban J connectivity index is 0.000000306. The van der Waals surface area contributed by atoms with Crippen LogP contribution in [0.3, 0.4) is 0 Å². The van der Waals surface area contributed by atoms with Gasteiger partial charge in [0.15, 0.2) is 21.3 Å². The van der Waals surface area contributed by atoms with E-state index in [4.69, 9.17) is 14.7 Å². The molecule has 1 aromatic rings. The summed E-state index contributed by atoms with van der Waals surface area (Å²) in [6.45, 7) is 0. The van der Waals surface area contributed by atoms with E-state index in [-0.39, 0.29) is 17.1 Å². The number of hydrogen-bond acceptors (Lipinski definition) is 6. The second kappa shape index (κ2) is 8.00. The summed E-state index contributed by atoms with van der Waals surface area (Å²) in [5, 5.41) is 8.32. The fourth-order valence-corrected chi connectivity index (χ4v) is 3.33. The molecule has 8 heteroatoms. The minimum atomic E-state index is -3.63. The first-order chi connectivity index (χ1) is 11.9. The average Bonchev–Trinajstić information content (AvgIpc) is 2.62. The molecular weight excluding hydrogens is 346 g/mol. The van der Waals surface area contributed by atoms with Crippen molar-refractivity contribution in [2.75, 3.05) is 20.0 Å². The topological polar surface area (TPSA) is 102 Å². The summed E-state index contributed by atoms with van der Waals surface area (Å²) in [5.74, 6) is -0.469. The van der Waals surface area contributed by atoms with E-state index in [0.717, 1.165) is 0 Å². The van der Waals surface area contributed by atoms with Crippen LogP contribution in [-0.2, 0) is 14.6 Å². The Morgan fingerprint density at radius 3 is 1.96 bits per heavy atom. The van der Waals surface area contributed by atoms with Crippen molar-refractivity contribution in [3.63, 3.8) is 0 Å². The van der Waals surface area contributed by atoms with E-state index < -0.39 is 21.5 Å². The zero-order valence-electron chi connectivity index (χ0n) is 13.9. The average molecular weight is 365 g/mol. The molecule has 0 saturated heterocycles. The molecule has 0 atom stereocenters. The number of methoxy groups -OCH3 is 2. The molecule has 7 nitrogen and oxygen atoms in total. The van der Waals surface area contributed by atoms with Crippen molar-refractivity contribution >= 4 is 15.7 Å². The third kappa shape index (κ3) is 4.49. The van der Waals surface area contributed by atoms with E-state index in [1.54, 1.807) is 0 Å². The number of hydrogen-bond donors (Lipinski definition) is 2. The molecule has 0 aromatic heterocycles. The van der Waals surface area contributed by atoms with Crippen LogP contribution in [0.1, 0.15) is 6.42 Å². The van der Waals surface area contributed by atoms with Crippen molar-refractivity contribution in [3.8, 4) is 22.6 Å². The highest BCUT2D eigenvalue weighted by molar-refractivity contribution is 7.91. The summed E-state index contributed by atoms with van der Waals surface area (Å²) in [7, 11) is -0.792. The van der Waals surface area contributed by atoms with Crippen LogP contribution in [0.4, 0.5) is 0 Å². The summed E-state index contributed by atoms with van der Waals surface area (Å²) >= 11 is 0. The highest BCUT2D eigenvalue weighted by Crippen LogP contribution is 2.30. The number of hydroxylamine groups is 1. The van der Waals surface area contributed by atoms with Gasteiger partial charge in [-0.2, -0.15) is 0 Å². The lowest BCUT2D eigenvalue weighted by molar-refractivity contribution is -0.128. The number of carbonyl (C=O) groups is 1. The van der Waals surface area contributed by atoms with Crippen LogP contribution >= 0.6 is 0 Å². The maximum absolute atomic E-state index is 12.0. The summed E-state index contributed by atoms with van der Waals surface area (Å²) in [6.07, 6.45) is -0.326. The third-order valence-electron chi connectivity index (χ3n) is 3.65. The quantitative estimate of drug-likeness (QED) is 0.512. The molecule has 1 amide bonds. The van der Waals surface area contributed by atoms with Gasteiger partial charge in [-0.3, -0.25) is 10.0 Å². The van der Waals surface area contributed by atoms with Crippen LogP contribution in [0.25, 0.3) is 11.1 Å².